The number of ketones is 2. The molecule has 0 spiro atoms. The fraction of sp³-hybridized carbons (Fsp3) is 0.812. The Balaban J connectivity index is 1.62. The smallest absolute Gasteiger partial charge is 0.314 e. The lowest BCUT2D eigenvalue weighted by molar-refractivity contribution is -0.214. The van der Waals surface area contributed by atoms with Crippen molar-refractivity contribution in [2.24, 2.45) is 50.7 Å². The van der Waals surface area contributed by atoms with Crippen molar-refractivity contribution in [3.05, 3.63) is 11.6 Å². The first-order valence-electron chi connectivity index (χ1n) is 14.7. The maximum absolute atomic E-state index is 14.5. The van der Waals surface area contributed by atoms with Crippen molar-refractivity contribution in [2.45, 2.75) is 105 Å². The number of nitrogens with one attached hydrogen (secondary N) is 2. The minimum atomic E-state index is -0.622. The lowest BCUT2D eigenvalue weighted by atomic mass is 9.32. The summed E-state index contributed by atoms with van der Waals surface area (Å²) in [6.45, 7) is 15.6. The number of carbonyl (C=O) groups excluding carboxylic acids is 3. The molecule has 0 heterocycles. The van der Waals surface area contributed by atoms with E-state index in [1.807, 2.05) is 19.9 Å². The lowest BCUT2D eigenvalue weighted by Crippen LogP contribution is -2.72. The van der Waals surface area contributed by atoms with Crippen LogP contribution in [-0.4, -0.2) is 30.2 Å². The highest BCUT2D eigenvalue weighted by Gasteiger charge is 2.72. The first-order valence-corrected chi connectivity index (χ1v) is 14.7. The van der Waals surface area contributed by atoms with Gasteiger partial charge in [-0.15, -0.1) is 0 Å². The third-order valence-electron chi connectivity index (χ3n) is 13.1. The SMILES string of the molecule is CNC(=O)N[C@]12CCC(C)(C)C[C@@H]1[C@H]1C(=O)C[C@@H]3[C@@]4(C)C=C(C#N)C(=O)C(C)(C)[C@@H]4CC[C@@]3(C)[C@]1(C)CC2. The minimum absolute atomic E-state index is 0.0514. The molecular weight excluding hydrogens is 474 g/mol. The largest absolute Gasteiger partial charge is 0.341 e. The monoisotopic (exact) mass is 521 g/mol. The molecule has 8 atom stereocenters. The molecule has 0 aromatic heterocycles. The summed E-state index contributed by atoms with van der Waals surface area (Å²) in [5.74, 6) is 0.458. The standard InChI is InChI=1S/C32H47N3O3/c1-27(2)11-13-32(35-26(38)34-8)14-12-31(7)24(20(32)17-27)21(36)15-23-29(5)16-19(18-33)25(37)28(3,4)22(29)9-10-30(23,31)6/h16,20,22-24H,9-15,17H2,1-8H3,(H2,34,35,38)/t20-,22+,23-,24+,29+,30-,31-,32+/m1/s1. The Bertz CT molecular complexity index is 1160. The van der Waals surface area contributed by atoms with Gasteiger partial charge in [0.15, 0.2) is 5.78 Å². The van der Waals surface area contributed by atoms with Crippen LogP contribution in [0.4, 0.5) is 4.79 Å². The van der Waals surface area contributed by atoms with Crippen LogP contribution in [0.15, 0.2) is 11.6 Å². The van der Waals surface area contributed by atoms with Crippen LogP contribution in [-0.2, 0) is 9.59 Å². The molecule has 0 bridgehead atoms. The minimum Gasteiger partial charge on any atom is -0.341 e. The van der Waals surface area contributed by atoms with Gasteiger partial charge in [-0.05, 0) is 84.4 Å². The van der Waals surface area contributed by atoms with Gasteiger partial charge in [0.25, 0.3) is 0 Å². The summed E-state index contributed by atoms with van der Waals surface area (Å²) in [6.07, 6.45) is 9.01. The Labute approximate surface area is 228 Å². The summed E-state index contributed by atoms with van der Waals surface area (Å²) in [4.78, 5) is 40.4. The molecule has 0 radical (unpaired) electrons. The van der Waals surface area contributed by atoms with E-state index in [1.54, 1.807) is 7.05 Å². The molecule has 5 aliphatic carbocycles. The van der Waals surface area contributed by atoms with Gasteiger partial charge in [0, 0.05) is 30.3 Å². The van der Waals surface area contributed by atoms with Crippen LogP contribution >= 0.6 is 0 Å². The topological polar surface area (TPSA) is 99.1 Å². The van der Waals surface area contributed by atoms with Crippen LogP contribution in [0.5, 0.6) is 0 Å². The quantitative estimate of drug-likeness (QED) is 0.444. The molecule has 0 aliphatic heterocycles. The van der Waals surface area contributed by atoms with Gasteiger partial charge in [0.05, 0.1) is 5.57 Å². The van der Waals surface area contributed by atoms with Gasteiger partial charge < -0.3 is 10.6 Å². The number of Topliss-reactive ketones (excluding diaryl/α,β-unsaturated/α-hetero) is 2. The third kappa shape index (κ3) is 3.38. The van der Waals surface area contributed by atoms with Gasteiger partial charge in [0.2, 0.25) is 0 Å². The van der Waals surface area contributed by atoms with Crippen LogP contribution < -0.4 is 10.6 Å². The molecule has 0 aromatic rings. The molecule has 38 heavy (non-hydrogen) atoms. The molecule has 5 rings (SSSR count). The van der Waals surface area contributed by atoms with E-state index >= 15 is 0 Å². The third-order valence-corrected chi connectivity index (χ3v) is 13.1. The average molecular weight is 522 g/mol. The van der Waals surface area contributed by atoms with Gasteiger partial charge in [-0.25, -0.2) is 4.79 Å². The second-order valence-electron chi connectivity index (χ2n) is 15.5. The van der Waals surface area contributed by atoms with Crippen molar-refractivity contribution in [2.75, 3.05) is 7.05 Å². The Hall–Kier alpha value is -2.16. The Morgan fingerprint density at radius 2 is 1.61 bits per heavy atom. The normalized spacial score (nSPS) is 46.8. The zero-order chi connectivity index (χ0) is 28.1. The number of urea groups is 1. The number of rotatable bonds is 1. The van der Waals surface area contributed by atoms with Crippen molar-refractivity contribution in [3.8, 4) is 6.07 Å². The summed E-state index contributed by atoms with van der Waals surface area (Å²) < 4.78 is 0. The van der Waals surface area contributed by atoms with Crippen LogP contribution in [0.3, 0.4) is 0 Å². The number of nitriles is 1. The van der Waals surface area contributed by atoms with Crippen LogP contribution in [0, 0.1) is 62.1 Å². The summed E-state index contributed by atoms with van der Waals surface area (Å²) >= 11 is 0. The average Bonchev–Trinajstić information content (AvgIpc) is 2.83. The number of carbonyl (C=O) groups is 3. The van der Waals surface area contributed by atoms with E-state index < -0.39 is 5.41 Å². The Kier molecular flexibility index (Phi) is 5.90. The second kappa shape index (κ2) is 8.18. The molecular formula is C32H47N3O3. The molecule has 4 fully saturated rings. The number of hydrogen-bond acceptors (Lipinski definition) is 4. The van der Waals surface area contributed by atoms with Crippen molar-refractivity contribution in [1.29, 1.82) is 5.26 Å². The fourth-order valence-corrected chi connectivity index (χ4v) is 10.8. The highest BCUT2D eigenvalue weighted by molar-refractivity contribution is 6.04. The van der Waals surface area contributed by atoms with E-state index in [2.05, 4.69) is 51.3 Å². The number of hydrogen-bond donors (Lipinski definition) is 2. The molecule has 2 amide bonds. The van der Waals surface area contributed by atoms with Gasteiger partial charge >= 0.3 is 6.03 Å². The van der Waals surface area contributed by atoms with Gasteiger partial charge in [-0.2, -0.15) is 5.26 Å². The predicted molar refractivity (Wildman–Crippen MR) is 147 cm³/mol. The summed E-state index contributed by atoms with van der Waals surface area (Å²) in [6, 6.07) is 2.06. The van der Waals surface area contributed by atoms with E-state index in [4.69, 9.17) is 0 Å². The highest BCUT2D eigenvalue weighted by Crippen LogP contribution is 2.74. The molecule has 6 nitrogen and oxygen atoms in total. The Morgan fingerprint density at radius 1 is 0.947 bits per heavy atom. The molecule has 0 unspecified atom stereocenters. The molecule has 4 saturated carbocycles. The molecule has 6 heteroatoms. The lowest BCUT2D eigenvalue weighted by Gasteiger charge is -2.72. The molecule has 5 aliphatic rings. The van der Waals surface area contributed by atoms with Gasteiger partial charge in [-0.3, -0.25) is 9.59 Å². The van der Waals surface area contributed by atoms with E-state index in [0.29, 0.717) is 12.2 Å². The van der Waals surface area contributed by atoms with Crippen LogP contribution in [0.2, 0.25) is 0 Å². The van der Waals surface area contributed by atoms with Crippen molar-refractivity contribution in [1.82, 2.24) is 10.6 Å². The van der Waals surface area contributed by atoms with Crippen molar-refractivity contribution >= 4 is 17.6 Å². The van der Waals surface area contributed by atoms with Gasteiger partial charge in [0.1, 0.15) is 11.9 Å². The predicted octanol–water partition coefficient (Wildman–Crippen LogP) is 5.97. The summed E-state index contributed by atoms with van der Waals surface area (Å²) in [5.41, 5.74) is -1.29. The number of amides is 2. The van der Waals surface area contributed by atoms with Gasteiger partial charge in [-0.1, -0.05) is 54.5 Å². The van der Waals surface area contributed by atoms with Crippen LogP contribution in [0.1, 0.15) is 99.8 Å². The van der Waals surface area contributed by atoms with E-state index in [1.165, 1.54) is 0 Å². The van der Waals surface area contributed by atoms with E-state index in [0.717, 1.165) is 44.9 Å². The molecule has 2 N–H and O–H groups in total. The number of nitrogens with zero attached hydrogens (tertiary/aromatic N) is 1. The molecule has 0 aromatic carbocycles. The first kappa shape index (κ1) is 27.4. The Morgan fingerprint density at radius 3 is 2.24 bits per heavy atom. The maximum Gasteiger partial charge on any atom is 0.314 e. The first-order chi connectivity index (χ1) is 17.5. The van der Waals surface area contributed by atoms with E-state index in [9.17, 15) is 19.6 Å². The molecule has 208 valence electrons. The number of fused-ring (bicyclic) bond motifs is 7. The van der Waals surface area contributed by atoms with Crippen LogP contribution in [0.25, 0.3) is 0 Å². The zero-order valence-electron chi connectivity index (χ0n) is 24.7. The maximum atomic E-state index is 14.5. The summed E-state index contributed by atoms with van der Waals surface area (Å²) in [5, 5.41) is 16.0. The van der Waals surface area contributed by atoms with Crippen molar-refractivity contribution in [3.63, 3.8) is 0 Å². The second-order valence-corrected chi connectivity index (χ2v) is 15.5. The van der Waals surface area contributed by atoms with E-state index in [-0.39, 0.29) is 68.3 Å². The highest BCUT2D eigenvalue weighted by atomic mass is 16.2. The fourth-order valence-electron chi connectivity index (χ4n) is 10.8. The molecule has 0 saturated heterocycles. The number of allylic oxidation sites excluding steroid dienone is 2. The zero-order valence-corrected chi connectivity index (χ0v) is 24.7. The van der Waals surface area contributed by atoms with Crippen molar-refractivity contribution < 1.29 is 14.4 Å². The summed E-state index contributed by atoms with van der Waals surface area (Å²) in [7, 11) is 1.66.